The van der Waals surface area contributed by atoms with Gasteiger partial charge >= 0.3 is 5.97 Å². The van der Waals surface area contributed by atoms with Gasteiger partial charge in [-0.1, -0.05) is 13.3 Å². The summed E-state index contributed by atoms with van der Waals surface area (Å²) in [6.07, 6.45) is 5.09. The minimum absolute atomic E-state index is 0.0177. The van der Waals surface area contributed by atoms with Gasteiger partial charge in [-0.15, -0.1) is 0 Å². The fourth-order valence-corrected chi connectivity index (χ4v) is 5.24. The summed E-state index contributed by atoms with van der Waals surface area (Å²) in [4.78, 5) is 20.8. The molecular weight excluding hydrogens is 456 g/mol. The van der Waals surface area contributed by atoms with Crippen molar-refractivity contribution in [2.75, 3.05) is 55.4 Å². The number of methoxy groups -OCH3 is 1. The van der Waals surface area contributed by atoms with Gasteiger partial charge in [0.1, 0.15) is 11.8 Å². The maximum absolute atomic E-state index is 12.2. The Bertz CT molecular complexity index is 994. The predicted octanol–water partition coefficient (Wildman–Crippen LogP) is 2.44. The molecule has 0 bridgehead atoms. The Kier molecular flexibility index (Phi) is 9.52. The summed E-state index contributed by atoms with van der Waals surface area (Å²) in [6.45, 7) is 5.80. The smallest absolute Gasteiger partial charge is 0.324 e. The third kappa shape index (κ3) is 7.59. The molecule has 0 saturated carbocycles. The van der Waals surface area contributed by atoms with Crippen molar-refractivity contribution in [1.82, 2.24) is 9.71 Å². The largest absolute Gasteiger partial charge is 0.494 e. The Hall–Kier alpha value is -2.85. The molecule has 2 heterocycles. The molecule has 1 atom stereocenters. The highest BCUT2D eigenvalue weighted by Crippen LogP contribution is 2.23. The molecule has 1 aliphatic heterocycles. The van der Waals surface area contributed by atoms with Gasteiger partial charge < -0.3 is 19.3 Å². The number of hydrogen-bond donors (Lipinski definition) is 1. The first-order valence-electron chi connectivity index (χ1n) is 11.6. The lowest BCUT2D eigenvalue weighted by Gasteiger charge is -2.37. The molecule has 186 valence electrons. The third-order valence-electron chi connectivity index (χ3n) is 5.76. The average molecular weight is 491 g/mol. The van der Waals surface area contributed by atoms with Gasteiger partial charge in [-0.2, -0.15) is 0 Å². The summed E-state index contributed by atoms with van der Waals surface area (Å²) in [5.74, 6) is 0.0254. The minimum Gasteiger partial charge on any atom is -0.494 e. The van der Waals surface area contributed by atoms with E-state index in [9.17, 15) is 13.2 Å². The number of hydrogen-bond acceptors (Lipinski definition) is 8. The van der Waals surface area contributed by atoms with Gasteiger partial charge in [-0.25, -0.2) is 13.1 Å². The van der Waals surface area contributed by atoms with E-state index in [1.165, 1.54) is 12.8 Å². The molecule has 0 aliphatic carbocycles. The third-order valence-corrected chi connectivity index (χ3v) is 7.23. The van der Waals surface area contributed by atoms with Crippen LogP contribution in [-0.4, -0.2) is 71.1 Å². The standard InChI is InChI=1S/C24H34N4O5S/c1-3-4-19-34(30,31)26-23(24(29)32-2)11-18-33-22-7-5-20(6-8-22)27-14-16-28(17-15-27)21-9-12-25-13-10-21/h5-10,12-13,23,26H,3-4,11,14-19H2,1-2H3. The zero-order chi connectivity index (χ0) is 24.4. The molecule has 0 radical (unpaired) electrons. The van der Waals surface area contributed by atoms with Crippen LogP contribution in [0.5, 0.6) is 5.75 Å². The monoisotopic (exact) mass is 490 g/mol. The van der Waals surface area contributed by atoms with Crippen LogP contribution < -0.4 is 19.3 Å². The average Bonchev–Trinajstić information content (AvgIpc) is 2.87. The van der Waals surface area contributed by atoms with Crippen LogP contribution in [0, 0.1) is 0 Å². The van der Waals surface area contributed by atoms with Crippen LogP contribution in [0.4, 0.5) is 11.4 Å². The van der Waals surface area contributed by atoms with Crippen molar-refractivity contribution in [3.05, 3.63) is 48.8 Å². The van der Waals surface area contributed by atoms with Crippen LogP contribution in [0.25, 0.3) is 0 Å². The molecule has 9 nitrogen and oxygen atoms in total. The fraction of sp³-hybridized carbons (Fsp3) is 0.500. The van der Waals surface area contributed by atoms with Gasteiger partial charge in [0.05, 0.1) is 19.5 Å². The van der Waals surface area contributed by atoms with Crippen molar-refractivity contribution < 1.29 is 22.7 Å². The van der Waals surface area contributed by atoms with E-state index < -0.39 is 22.0 Å². The number of pyridine rings is 1. The first kappa shape index (κ1) is 25.8. The van der Waals surface area contributed by atoms with E-state index >= 15 is 0 Å². The number of nitrogens with zero attached hydrogens (tertiary/aromatic N) is 3. The molecule has 1 aliphatic rings. The van der Waals surface area contributed by atoms with Crippen LogP contribution in [0.1, 0.15) is 26.2 Å². The lowest BCUT2D eigenvalue weighted by molar-refractivity contribution is -0.142. The van der Waals surface area contributed by atoms with Crippen LogP contribution in [0.3, 0.4) is 0 Å². The lowest BCUT2D eigenvalue weighted by atomic mass is 10.2. The van der Waals surface area contributed by atoms with Gasteiger partial charge in [0.2, 0.25) is 10.0 Å². The number of benzene rings is 1. The topological polar surface area (TPSA) is 101 Å². The second-order valence-corrected chi connectivity index (χ2v) is 10.1. The van der Waals surface area contributed by atoms with Crippen molar-refractivity contribution in [3.8, 4) is 5.75 Å². The number of sulfonamides is 1. The Labute approximate surface area is 202 Å². The second kappa shape index (κ2) is 12.6. The van der Waals surface area contributed by atoms with Crippen LogP contribution in [0.2, 0.25) is 0 Å². The molecule has 0 amide bonds. The molecular formula is C24H34N4O5S. The molecule has 1 aromatic heterocycles. The summed E-state index contributed by atoms with van der Waals surface area (Å²) < 4.78 is 37.3. The van der Waals surface area contributed by atoms with E-state index in [1.807, 2.05) is 55.7 Å². The Morgan fingerprint density at radius 3 is 2.18 bits per heavy atom. The Morgan fingerprint density at radius 1 is 1.03 bits per heavy atom. The normalized spacial score (nSPS) is 15.1. The van der Waals surface area contributed by atoms with E-state index in [1.54, 1.807) is 0 Å². The van der Waals surface area contributed by atoms with Crippen molar-refractivity contribution in [1.29, 1.82) is 0 Å². The van der Waals surface area contributed by atoms with Crippen LogP contribution in [0.15, 0.2) is 48.8 Å². The number of ether oxygens (including phenoxy) is 2. The van der Waals surface area contributed by atoms with E-state index in [0.29, 0.717) is 12.2 Å². The molecule has 1 fully saturated rings. The summed E-state index contributed by atoms with van der Waals surface area (Å²) in [5, 5.41) is 0. The fourth-order valence-electron chi connectivity index (χ4n) is 3.80. The number of carbonyl (C=O) groups excluding carboxylic acids is 1. The maximum Gasteiger partial charge on any atom is 0.324 e. The molecule has 3 rings (SSSR count). The van der Waals surface area contributed by atoms with Gasteiger partial charge in [0.15, 0.2) is 0 Å². The number of aromatic nitrogens is 1. The number of anilines is 2. The van der Waals surface area contributed by atoms with Gasteiger partial charge in [-0.3, -0.25) is 9.78 Å². The molecule has 1 aromatic carbocycles. The van der Waals surface area contributed by atoms with Crippen LogP contribution in [-0.2, 0) is 19.6 Å². The SMILES string of the molecule is CCCCS(=O)(=O)NC(CCOc1ccc(N2CCN(c3ccncc3)CC2)cc1)C(=O)OC. The molecule has 10 heteroatoms. The zero-order valence-corrected chi connectivity index (χ0v) is 20.7. The summed E-state index contributed by atoms with van der Waals surface area (Å²) >= 11 is 0. The Morgan fingerprint density at radius 2 is 1.62 bits per heavy atom. The molecule has 1 N–H and O–H groups in total. The molecule has 0 spiro atoms. The number of rotatable bonds is 12. The van der Waals surface area contributed by atoms with E-state index in [2.05, 4.69) is 19.5 Å². The second-order valence-electron chi connectivity index (χ2n) is 8.18. The van der Waals surface area contributed by atoms with Crippen molar-refractivity contribution in [3.63, 3.8) is 0 Å². The minimum atomic E-state index is -3.55. The van der Waals surface area contributed by atoms with E-state index in [-0.39, 0.29) is 18.8 Å². The Balaban J connectivity index is 1.48. The zero-order valence-electron chi connectivity index (χ0n) is 19.9. The van der Waals surface area contributed by atoms with Crippen LogP contribution >= 0.6 is 0 Å². The molecule has 34 heavy (non-hydrogen) atoms. The summed E-state index contributed by atoms with van der Waals surface area (Å²) in [6, 6.07) is 10.9. The number of esters is 1. The quantitative estimate of drug-likeness (QED) is 0.453. The van der Waals surface area contributed by atoms with Gasteiger partial charge in [0, 0.05) is 56.4 Å². The number of carbonyl (C=O) groups is 1. The number of unbranched alkanes of at least 4 members (excludes halogenated alkanes) is 1. The molecule has 1 saturated heterocycles. The highest BCUT2D eigenvalue weighted by atomic mass is 32.2. The molecule has 1 unspecified atom stereocenters. The van der Waals surface area contributed by atoms with Gasteiger partial charge in [0.25, 0.3) is 0 Å². The maximum atomic E-state index is 12.2. The van der Waals surface area contributed by atoms with E-state index in [0.717, 1.165) is 38.3 Å². The van der Waals surface area contributed by atoms with Gasteiger partial charge in [-0.05, 0) is 42.8 Å². The van der Waals surface area contributed by atoms with Crippen molar-refractivity contribution in [2.45, 2.75) is 32.2 Å². The van der Waals surface area contributed by atoms with E-state index in [4.69, 9.17) is 9.47 Å². The summed E-state index contributed by atoms with van der Waals surface area (Å²) in [7, 11) is -2.31. The molecule has 2 aromatic rings. The summed E-state index contributed by atoms with van der Waals surface area (Å²) in [5.41, 5.74) is 2.31. The first-order valence-corrected chi connectivity index (χ1v) is 13.3. The first-order chi connectivity index (χ1) is 16.4. The highest BCUT2D eigenvalue weighted by Gasteiger charge is 2.25. The number of piperazine rings is 1. The van der Waals surface area contributed by atoms with Crippen molar-refractivity contribution in [2.24, 2.45) is 0 Å². The lowest BCUT2D eigenvalue weighted by Crippen LogP contribution is -2.46. The highest BCUT2D eigenvalue weighted by molar-refractivity contribution is 7.89. The predicted molar refractivity (Wildman–Crippen MR) is 133 cm³/mol. The van der Waals surface area contributed by atoms with Crippen molar-refractivity contribution >= 4 is 27.4 Å². The number of nitrogens with one attached hydrogen (secondary N) is 1.